The molecule has 1 aliphatic carbocycles. The van der Waals surface area contributed by atoms with E-state index in [1.807, 2.05) is 0 Å². The highest BCUT2D eigenvalue weighted by molar-refractivity contribution is 5.90. The zero-order valence-electron chi connectivity index (χ0n) is 11.9. The molecule has 2 aliphatic rings. The highest BCUT2D eigenvalue weighted by Crippen LogP contribution is 2.19. The van der Waals surface area contributed by atoms with Crippen molar-refractivity contribution in [2.45, 2.75) is 63.1 Å². The topological polar surface area (TPSA) is 93.4 Å². The molecule has 1 aliphatic heterocycles. The Bertz CT molecular complexity index is 341. The Morgan fingerprint density at radius 3 is 2.70 bits per heavy atom. The van der Waals surface area contributed by atoms with Gasteiger partial charge >= 0.3 is 0 Å². The van der Waals surface area contributed by atoms with E-state index in [-0.39, 0.29) is 17.9 Å². The van der Waals surface area contributed by atoms with Crippen molar-refractivity contribution in [1.29, 1.82) is 0 Å². The van der Waals surface area contributed by atoms with Crippen molar-refractivity contribution in [3.8, 4) is 0 Å². The fourth-order valence-corrected chi connectivity index (χ4v) is 2.72. The predicted molar refractivity (Wildman–Crippen MR) is 75.0 cm³/mol. The number of rotatable bonds is 6. The average Bonchev–Trinajstić information content (AvgIpc) is 2.87. The molecule has 0 unspecified atom stereocenters. The van der Waals surface area contributed by atoms with Crippen LogP contribution in [0.25, 0.3) is 0 Å². The number of carbonyl (C=O) groups is 2. The van der Waals surface area contributed by atoms with E-state index >= 15 is 0 Å². The number of amides is 2. The second-order valence-corrected chi connectivity index (χ2v) is 5.71. The molecule has 1 heterocycles. The van der Waals surface area contributed by atoms with E-state index < -0.39 is 0 Å². The summed E-state index contributed by atoms with van der Waals surface area (Å²) in [5, 5.41) is 5.49. The Hall–Kier alpha value is -1.14. The van der Waals surface area contributed by atoms with Crippen LogP contribution in [0.15, 0.2) is 0 Å². The maximum Gasteiger partial charge on any atom is 0.242 e. The van der Waals surface area contributed by atoms with Crippen molar-refractivity contribution in [2.24, 2.45) is 5.73 Å². The van der Waals surface area contributed by atoms with Crippen LogP contribution in [0, 0.1) is 0 Å². The van der Waals surface area contributed by atoms with Gasteiger partial charge in [0.15, 0.2) is 0 Å². The summed E-state index contributed by atoms with van der Waals surface area (Å²) >= 11 is 0. The van der Waals surface area contributed by atoms with Crippen LogP contribution in [0.4, 0.5) is 0 Å². The van der Waals surface area contributed by atoms with Gasteiger partial charge in [0.1, 0.15) is 6.04 Å². The lowest BCUT2D eigenvalue weighted by atomic mass is 9.94. The average molecular weight is 283 g/mol. The zero-order chi connectivity index (χ0) is 14.4. The third kappa shape index (κ3) is 4.76. The van der Waals surface area contributed by atoms with Crippen LogP contribution in [0.3, 0.4) is 0 Å². The minimum Gasteiger partial charge on any atom is -0.378 e. The van der Waals surface area contributed by atoms with Crippen molar-refractivity contribution in [2.75, 3.05) is 13.2 Å². The molecule has 1 saturated carbocycles. The molecule has 0 aromatic heterocycles. The standard InChI is InChI=1S/C14H25N3O3/c15-10-2-4-11(5-3-10)20-9-1-8-16-14(19)12-6-7-13(18)17-12/h10-12H,1-9,15H2,(H,16,19)(H,17,18)/t10?,11?,12-/m1/s1. The molecule has 1 saturated heterocycles. The molecule has 0 bridgehead atoms. The molecule has 20 heavy (non-hydrogen) atoms. The highest BCUT2D eigenvalue weighted by atomic mass is 16.5. The van der Waals surface area contributed by atoms with E-state index in [1.54, 1.807) is 0 Å². The SMILES string of the molecule is NC1CCC(OCCCNC(=O)[C@H]2CCC(=O)N2)CC1. The van der Waals surface area contributed by atoms with E-state index in [9.17, 15) is 9.59 Å². The second-order valence-electron chi connectivity index (χ2n) is 5.71. The van der Waals surface area contributed by atoms with Crippen LogP contribution in [0.5, 0.6) is 0 Å². The minimum absolute atomic E-state index is 0.0380. The fraction of sp³-hybridized carbons (Fsp3) is 0.857. The first-order valence-corrected chi connectivity index (χ1v) is 7.59. The largest absolute Gasteiger partial charge is 0.378 e. The molecule has 0 spiro atoms. The van der Waals surface area contributed by atoms with Gasteiger partial charge in [0, 0.05) is 25.6 Å². The summed E-state index contributed by atoms with van der Waals surface area (Å²) in [5.74, 6) is -0.122. The molecule has 1 atom stereocenters. The minimum atomic E-state index is -0.344. The Kier molecular flexibility index (Phi) is 5.79. The van der Waals surface area contributed by atoms with Gasteiger partial charge < -0.3 is 21.1 Å². The first-order chi connectivity index (χ1) is 9.65. The van der Waals surface area contributed by atoms with Gasteiger partial charge in [-0.1, -0.05) is 0 Å². The Morgan fingerprint density at radius 2 is 2.05 bits per heavy atom. The lowest BCUT2D eigenvalue weighted by Gasteiger charge is -2.26. The summed E-state index contributed by atoms with van der Waals surface area (Å²) in [6.07, 6.45) is 6.36. The van der Waals surface area contributed by atoms with Crippen LogP contribution in [0.1, 0.15) is 44.9 Å². The van der Waals surface area contributed by atoms with Gasteiger partial charge in [-0.15, -0.1) is 0 Å². The summed E-state index contributed by atoms with van der Waals surface area (Å²) in [6, 6.07) is -0.000916. The van der Waals surface area contributed by atoms with Crippen molar-refractivity contribution in [3.63, 3.8) is 0 Å². The molecular formula is C14H25N3O3. The Balaban J connectivity index is 1.49. The number of hydrogen-bond donors (Lipinski definition) is 3. The quantitative estimate of drug-likeness (QED) is 0.601. The van der Waals surface area contributed by atoms with Gasteiger partial charge in [-0.2, -0.15) is 0 Å². The monoisotopic (exact) mass is 283 g/mol. The van der Waals surface area contributed by atoms with Crippen LogP contribution >= 0.6 is 0 Å². The smallest absolute Gasteiger partial charge is 0.242 e. The summed E-state index contributed by atoms with van der Waals surface area (Å²) in [4.78, 5) is 22.7. The molecule has 0 aromatic rings. The Labute approximate surface area is 119 Å². The molecule has 0 radical (unpaired) electrons. The van der Waals surface area contributed by atoms with Crippen LogP contribution < -0.4 is 16.4 Å². The number of carbonyl (C=O) groups excluding carboxylic acids is 2. The summed E-state index contributed by atoms with van der Waals surface area (Å²) in [6.45, 7) is 1.26. The number of nitrogens with two attached hydrogens (primary N) is 1. The van der Waals surface area contributed by atoms with Gasteiger partial charge in [0.2, 0.25) is 11.8 Å². The normalized spacial score (nSPS) is 30.1. The van der Waals surface area contributed by atoms with Gasteiger partial charge in [0.05, 0.1) is 6.10 Å². The maximum absolute atomic E-state index is 11.7. The fourth-order valence-electron chi connectivity index (χ4n) is 2.72. The van der Waals surface area contributed by atoms with E-state index in [2.05, 4.69) is 10.6 Å². The molecular weight excluding hydrogens is 258 g/mol. The van der Waals surface area contributed by atoms with E-state index in [0.717, 1.165) is 32.1 Å². The molecule has 6 nitrogen and oxygen atoms in total. The molecule has 0 aromatic carbocycles. The lowest BCUT2D eigenvalue weighted by molar-refractivity contribution is -0.125. The number of ether oxygens (including phenoxy) is 1. The molecule has 2 fully saturated rings. The van der Waals surface area contributed by atoms with E-state index in [0.29, 0.717) is 38.1 Å². The number of nitrogens with one attached hydrogen (secondary N) is 2. The second kappa shape index (κ2) is 7.59. The first-order valence-electron chi connectivity index (χ1n) is 7.59. The maximum atomic E-state index is 11.7. The third-order valence-electron chi connectivity index (χ3n) is 4.00. The van der Waals surface area contributed by atoms with Crippen LogP contribution in [0.2, 0.25) is 0 Å². The van der Waals surface area contributed by atoms with Gasteiger partial charge in [0.25, 0.3) is 0 Å². The van der Waals surface area contributed by atoms with E-state index in [4.69, 9.17) is 10.5 Å². The van der Waals surface area contributed by atoms with Crippen LogP contribution in [-0.2, 0) is 14.3 Å². The van der Waals surface area contributed by atoms with Crippen molar-refractivity contribution >= 4 is 11.8 Å². The third-order valence-corrected chi connectivity index (χ3v) is 4.00. The van der Waals surface area contributed by atoms with Gasteiger partial charge in [-0.3, -0.25) is 9.59 Å². The molecule has 2 amide bonds. The lowest BCUT2D eigenvalue weighted by Crippen LogP contribution is -2.42. The summed E-state index contributed by atoms with van der Waals surface area (Å²) in [5.41, 5.74) is 5.84. The predicted octanol–water partition coefficient (Wildman–Crippen LogP) is 0.0578. The molecule has 6 heteroatoms. The molecule has 2 rings (SSSR count). The first kappa shape index (κ1) is 15.3. The summed E-state index contributed by atoms with van der Waals surface area (Å²) in [7, 11) is 0. The highest BCUT2D eigenvalue weighted by Gasteiger charge is 2.26. The molecule has 4 N–H and O–H groups in total. The van der Waals surface area contributed by atoms with Crippen molar-refractivity contribution in [1.82, 2.24) is 10.6 Å². The zero-order valence-corrected chi connectivity index (χ0v) is 11.9. The Morgan fingerprint density at radius 1 is 1.30 bits per heavy atom. The molecule has 114 valence electrons. The van der Waals surface area contributed by atoms with Crippen molar-refractivity contribution in [3.05, 3.63) is 0 Å². The van der Waals surface area contributed by atoms with Crippen molar-refractivity contribution < 1.29 is 14.3 Å². The van der Waals surface area contributed by atoms with Gasteiger partial charge in [-0.25, -0.2) is 0 Å². The number of hydrogen-bond acceptors (Lipinski definition) is 4. The van der Waals surface area contributed by atoms with Crippen LogP contribution in [-0.4, -0.2) is 43.2 Å². The van der Waals surface area contributed by atoms with E-state index in [1.165, 1.54) is 0 Å². The van der Waals surface area contributed by atoms with Gasteiger partial charge in [-0.05, 0) is 38.5 Å². The summed E-state index contributed by atoms with van der Waals surface area (Å²) < 4.78 is 5.78.